The first-order chi connectivity index (χ1) is 8.40. The Bertz CT molecular complexity index is 416. The molecule has 2 rings (SSSR count). The normalized spacial score (nSPS) is 11.1. The van der Waals surface area contributed by atoms with E-state index < -0.39 is 0 Å². The number of aromatic amines is 1. The number of para-hydroxylation sites is 2. The predicted octanol–water partition coefficient (Wildman–Crippen LogP) is 1.43. The van der Waals surface area contributed by atoms with Crippen molar-refractivity contribution in [2.75, 3.05) is 19.6 Å². The first kappa shape index (κ1) is 12.1. The van der Waals surface area contributed by atoms with Crippen molar-refractivity contribution in [3.05, 3.63) is 30.1 Å². The fourth-order valence-electron chi connectivity index (χ4n) is 1.86. The van der Waals surface area contributed by atoms with E-state index in [1.165, 1.54) is 0 Å². The molecular weight excluding hydrogens is 212 g/mol. The van der Waals surface area contributed by atoms with Gasteiger partial charge < -0.3 is 16.0 Å². The summed E-state index contributed by atoms with van der Waals surface area (Å²) in [5.41, 5.74) is 7.60. The molecular formula is C13H20N4. The third kappa shape index (κ3) is 3.54. The Morgan fingerprint density at radius 3 is 2.82 bits per heavy atom. The highest BCUT2D eigenvalue weighted by Crippen LogP contribution is 2.10. The van der Waals surface area contributed by atoms with Crippen LogP contribution in [-0.4, -0.2) is 29.6 Å². The zero-order valence-electron chi connectivity index (χ0n) is 10.1. The molecule has 0 saturated heterocycles. The molecule has 2 aromatic rings. The fourth-order valence-corrected chi connectivity index (χ4v) is 1.86. The molecule has 92 valence electrons. The standard InChI is InChI=1S/C13H20N4/c14-8-4-10-15-9-3-7-13-16-11-5-1-2-6-12(11)17-13/h1-2,5-6,15H,3-4,7-10,14H2,(H,16,17). The number of nitrogens with one attached hydrogen (secondary N) is 2. The number of rotatable bonds is 7. The molecule has 4 heteroatoms. The van der Waals surface area contributed by atoms with E-state index in [-0.39, 0.29) is 0 Å². The number of nitrogens with two attached hydrogens (primary N) is 1. The summed E-state index contributed by atoms with van der Waals surface area (Å²) in [5, 5.41) is 3.37. The molecule has 0 bridgehead atoms. The van der Waals surface area contributed by atoms with Crippen molar-refractivity contribution in [2.45, 2.75) is 19.3 Å². The van der Waals surface area contributed by atoms with Crippen molar-refractivity contribution in [1.29, 1.82) is 0 Å². The molecule has 1 aromatic carbocycles. The average Bonchev–Trinajstić information content (AvgIpc) is 2.76. The number of hydrogen-bond acceptors (Lipinski definition) is 3. The van der Waals surface area contributed by atoms with Crippen LogP contribution in [0.15, 0.2) is 24.3 Å². The number of nitrogens with zero attached hydrogens (tertiary/aromatic N) is 1. The molecule has 0 radical (unpaired) electrons. The van der Waals surface area contributed by atoms with Crippen molar-refractivity contribution in [1.82, 2.24) is 15.3 Å². The molecule has 0 aliphatic carbocycles. The Morgan fingerprint density at radius 2 is 2.00 bits per heavy atom. The smallest absolute Gasteiger partial charge is 0.107 e. The van der Waals surface area contributed by atoms with Crippen LogP contribution in [0.5, 0.6) is 0 Å². The van der Waals surface area contributed by atoms with Crippen molar-refractivity contribution >= 4 is 11.0 Å². The van der Waals surface area contributed by atoms with Crippen LogP contribution in [0, 0.1) is 0 Å². The monoisotopic (exact) mass is 232 g/mol. The van der Waals surface area contributed by atoms with Gasteiger partial charge in [-0.15, -0.1) is 0 Å². The SMILES string of the molecule is NCCCNCCCc1nc2ccccc2[nH]1. The lowest BCUT2D eigenvalue weighted by atomic mass is 10.3. The second-order valence-corrected chi connectivity index (χ2v) is 4.20. The topological polar surface area (TPSA) is 66.7 Å². The van der Waals surface area contributed by atoms with E-state index >= 15 is 0 Å². The molecule has 0 saturated carbocycles. The van der Waals surface area contributed by atoms with Gasteiger partial charge in [0.05, 0.1) is 11.0 Å². The summed E-state index contributed by atoms with van der Waals surface area (Å²) in [7, 11) is 0. The van der Waals surface area contributed by atoms with Gasteiger partial charge in [-0.1, -0.05) is 12.1 Å². The first-order valence-corrected chi connectivity index (χ1v) is 6.24. The molecule has 0 aliphatic heterocycles. The minimum absolute atomic E-state index is 0.760. The number of hydrogen-bond donors (Lipinski definition) is 3. The van der Waals surface area contributed by atoms with Crippen molar-refractivity contribution in [3.8, 4) is 0 Å². The minimum Gasteiger partial charge on any atom is -0.342 e. The third-order valence-electron chi connectivity index (χ3n) is 2.76. The van der Waals surface area contributed by atoms with Gasteiger partial charge in [0.15, 0.2) is 0 Å². The van der Waals surface area contributed by atoms with Crippen LogP contribution in [0.4, 0.5) is 0 Å². The Morgan fingerprint density at radius 1 is 1.18 bits per heavy atom. The molecule has 4 nitrogen and oxygen atoms in total. The molecule has 0 unspecified atom stereocenters. The van der Waals surface area contributed by atoms with Crippen molar-refractivity contribution < 1.29 is 0 Å². The highest BCUT2D eigenvalue weighted by molar-refractivity contribution is 5.74. The van der Waals surface area contributed by atoms with Gasteiger partial charge in [0.25, 0.3) is 0 Å². The summed E-state index contributed by atoms with van der Waals surface area (Å²) < 4.78 is 0. The summed E-state index contributed by atoms with van der Waals surface area (Å²) in [4.78, 5) is 7.88. The van der Waals surface area contributed by atoms with Crippen LogP contribution in [-0.2, 0) is 6.42 Å². The van der Waals surface area contributed by atoms with Crippen LogP contribution in [0.2, 0.25) is 0 Å². The summed E-state index contributed by atoms with van der Waals surface area (Å²) >= 11 is 0. The van der Waals surface area contributed by atoms with E-state index in [0.29, 0.717) is 0 Å². The number of fused-ring (bicyclic) bond motifs is 1. The lowest BCUT2D eigenvalue weighted by Gasteiger charge is -2.01. The van der Waals surface area contributed by atoms with Crippen molar-refractivity contribution in [2.24, 2.45) is 5.73 Å². The number of H-pyrrole nitrogens is 1. The summed E-state index contributed by atoms with van der Waals surface area (Å²) in [5.74, 6) is 1.08. The van der Waals surface area contributed by atoms with Gasteiger partial charge in [-0.25, -0.2) is 4.98 Å². The molecule has 0 atom stereocenters. The molecule has 0 aliphatic rings. The minimum atomic E-state index is 0.760. The lowest BCUT2D eigenvalue weighted by molar-refractivity contribution is 0.621. The lowest BCUT2D eigenvalue weighted by Crippen LogP contribution is -2.19. The third-order valence-corrected chi connectivity index (χ3v) is 2.76. The first-order valence-electron chi connectivity index (χ1n) is 6.24. The van der Waals surface area contributed by atoms with Gasteiger partial charge in [-0.3, -0.25) is 0 Å². The van der Waals surface area contributed by atoms with E-state index in [9.17, 15) is 0 Å². The maximum atomic E-state index is 5.42. The Kier molecular flexibility index (Phi) is 4.53. The van der Waals surface area contributed by atoms with Crippen LogP contribution < -0.4 is 11.1 Å². The zero-order chi connectivity index (χ0) is 11.9. The van der Waals surface area contributed by atoms with Gasteiger partial charge in [0.2, 0.25) is 0 Å². The van der Waals surface area contributed by atoms with Gasteiger partial charge in [-0.2, -0.15) is 0 Å². The Balaban J connectivity index is 1.75. The van der Waals surface area contributed by atoms with Gasteiger partial charge in [-0.05, 0) is 44.6 Å². The van der Waals surface area contributed by atoms with Crippen LogP contribution in [0.3, 0.4) is 0 Å². The predicted molar refractivity (Wildman–Crippen MR) is 71.0 cm³/mol. The molecule has 1 heterocycles. The average molecular weight is 232 g/mol. The summed E-state index contributed by atoms with van der Waals surface area (Å²) in [6.07, 6.45) is 3.14. The number of aromatic nitrogens is 2. The molecule has 0 amide bonds. The van der Waals surface area contributed by atoms with Crippen LogP contribution >= 0.6 is 0 Å². The quantitative estimate of drug-likeness (QED) is 0.633. The highest BCUT2D eigenvalue weighted by atomic mass is 14.9. The fraction of sp³-hybridized carbons (Fsp3) is 0.462. The number of benzene rings is 1. The van der Waals surface area contributed by atoms with E-state index in [1.807, 2.05) is 18.2 Å². The van der Waals surface area contributed by atoms with E-state index in [4.69, 9.17) is 5.73 Å². The van der Waals surface area contributed by atoms with Gasteiger partial charge >= 0.3 is 0 Å². The largest absolute Gasteiger partial charge is 0.342 e. The summed E-state index contributed by atoms with van der Waals surface area (Å²) in [6.45, 7) is 2.80. The van der Waals surface area contributed by atoms with Crippen LogP contribution in [0.25, 0.3) is 11.0 Å². The number of imidazole rings is 1. The van der Waals surface area contributed by atoms with Crippen molar-refractivity contribution in [3.63, 3.8) is 0 Å². The molecule has 4 N–H and O–H groups in total. The maximum Gasteiger partial charge on any atom is 0.107 e. The van der Waals surface area contributed by atoms with Crippen LogP contribution in [0.1, 0.15) is 18.7 Å². The van der Waals surface area contributed by atoms with E-state index in [1.54, 1.807) is 0 Å². The molecule has 0 fully saturated rings. The maximum absolute atomic E-state index is 5.42. The summed E-state index contributed by atoms with van der Waals surface area (Å²) in [6, 6.07) is 8.14. The van der Waals surface area contributed by atoms with E-state index in [0.717, 1.165) is 55.8 Å². The Labute approximate surface area is 102 Å². The van der Waals surface area contributed by atoms with E-state index in [2.05, 4.69) is 21.4 Å². The highest BCUT2D eigenvalue weighted by Gasteiger charge is 2.00. The molecule has 1 aromatic heterocycles. The second kappa shape index (κ2) is 6.37. The molecule has 0 spiro atoms. The Hall–Kier alpha value is -1.39. The number of aryl methyl sites for hydroxylation is 1. The van der Waals surface area contributed by atoms with Gasteiger partial charge in [0.1, 0.15) is 5.82 Å². The zero-order valence-corrected chi connectivity index (χ0v) is 10.1. The van der Waals surface area contributed by atoms with Gasteiger partial charge in [0, 0.05) is 6.42 Å². The molecule has 17 heavy (non-hydrogen) atoms. The second-order valence-electron chi connectivity index (χ2n) is 4.20.